The summed E-state index contributed by atoms with van der Waals surface area (Å²) < 4.78 is 1.71. The van der Waals surface area contributed by atoms with Gasteiger partial charge in [0.2, 0.25) is 17.7 Å². The highest BCUT2D eigenvalue weighted by Crippen LogP contribution is 2.31. The number of fused-ring (bicyclic) bond motifs is 3. The molecule has 0 unspecified atom stereocenters. The van der Waals surface area contributed by atoms with Gasteiger partial charge in [-0.3, -0.25) is 24.1 Å². The summed E-state index contributed by atoms with van der Waals surface area (Å²) in [6.45, 7) is 1.69. The van der Waals surface area contributed by atoms with Crippen molar-refractivity contribution >= 4 is 34.5 Å². The van der Waals surface area contributed by atoms with Crippen molar-refractivity contribution < 1.29 is 19.2 Å². The normalized spacial score (nSPS) is 19.7. The van der Waals surface area contributed by atoms with Crippen molar-refractivity contribution in [1.29, 1.82) is 0 Å². The highest BCUT2D eigenvalue weighted by molar-refractivity contribution is 6.11. The molecule has 2 fully saturated rings. The molecule has 0 bridgehead atoms. The van der Waals surface area contributed by atoms with Crippen LogP contribution in [0.5, 0.6) is 0 Å². The van der Waals surface area contributed by atoms with Gasteiger partial charge in [0.15, 0.2) is 0 Å². The number of hydrogen-bond acceptors (Lipinski definition) is 4. The van der Waals surface area contributed by atoms with Gasteiger partial charge in [-0.2, -0.15) is 0 Å². The standard InChI is InChI=1S/C21H22N4O4/c26-18(22-7-9-23(10-8-22)20(28)14-5-6-14)12-25-19(27)13-24-16-4-2-1-3-15(16)11-17(24)21(25)29/h1-4,11,14H,5-10,12-13H2. The van der Waals surface area contributed by atoms with Crippen LogP contribution in [0.3, 0.4) is 0 Å². The molecule has 150 valence electrons. The Morgan fingerprint density at radius 3 is 2.38 bits per heavy atom. The predicted molar refractivity (Wildman–Crippen MR) is 104 cm³/mol. The van der Waals surface area contributed by atoms with E-state index >= 15 is 0 Å². The van der Waals surface area contributed by atoms with Gasteiger partial charge in [0, 0.05) is 43.0 Å². The van der Waals surface area contributed by atoms with E-state index in [9.17, 15) is 19.2 Å². The Bertz CT molecular complexity index is 1030. The summed E-state index contributed by atoms with van der Waals surface area (Å²) in [5.41, 5.74) is 1.27. The number of nitrogens with zero attached hydrogens (tertiary/aromatic N) is 4. The van der Waals surface area contributed by atoms with Crippen LogP contribution in [-0.2, 0) is 20.9 Å². The minimum absolute atomic E-state index is 0.0472. The van der Waals surface area contributed by atoms with Crippen LogP contribution in [0.15, 0.2) is 30.3 Å². The monoisotopic (exact) mass is 394 g/mol. The number of carbonyl (C=O) groups is 4. The van der Waals surface area contributed by atoms with E-state index in [0.717, 1.165) is 28.6 Å². The quantitative estimate of drug-likeness (QED) is 0.718. The fourth-order valence-electron chi connectivity index (χ4n) is 4.19. The van der Waals surface area contributed by atoms with Crippen molar-refractivity contribution in [2.75, 3.05) is 32.7 Å². The Hall–Kier alpha value is -3.16. The number of amides is 4. The van der Waals surface area contributed by atoms with E-state index in [0.29, 0.717) is 31.9 Å². The first-order valence-electron chi connectivity index (χ1n) is 10.0. The van der Waals surface area contributed by atoms with E-state index in [-0.39, 0.29) is 36.7 Å². The molecule has 1 aromatic carbocycles. The zero-order valence-electron chi connectivity index (χ0n) is 16.0. The maximum atomic E-state index is 12.9. The fourth-order valence-corrected chi connectivity index (χ4v) is 4.19. The molecule has 0 radical (unpaired) electrons. The Balaban J connectivity index is 1.27. The smallest absolute Gasteiger partial charge is 0.277 e. The molecule has 2 aliphatic heterocycles. The zero-order valence-corrected chi connectivity index (χ0v) is 16.0. The number of para-hydroxylation sites is 1. The molecule has 0 atom stereocenters. The largest absolute Gasteiger partial charge is 0.339 e. The first-order chi connectivity index (χ1) is 14.0. The highest BCUT2D eigenvalue weighted by atomic mass is 16.2. The van der Waals surface area contributed by atoms with Gasteiger partial charge < -0.3 is 14.4 Å². The Morgan fingerprint density at radius 2 is 1.66 bits per heavy atom. The third-order valence-electron chi connectivity index (χ3n) is 6.03. The number of carbonyl (C=O) groups excluding carboxylic acids is 4. The van der Waals surface area contributed by atoms with E-state index in [1.54, 1.807) is 15.5 Å². The van der Waals surface area contributed by atoms with Gasteiger partial charge in [-0.15, -0.1) is 0 Å². The zero-order chi connectivity index (χ0) is 20.1. The maximum Gasteiger partial charge on any atom is 0.277 e. The first-order valence-corrected chi connectivity index (χ1v) is 10.0. The molecule has 29 heavy (non-hydrogen) atoms. The fraction of sp³-hybridized carbons (Fsp3) is 0.429. The molecular formula is C21H22N4O4. The lowest BCUT2D eigenvalue weighted by molar-refractivity contribution is -0.143. The van der Waals surface area contributed by atoms with Crippen molar-refractivity contribution in [2.24, 2.45) is 5.92 Å². The van der Waals surface area contributed by atoms with Gasteiger partial charge in [0.05, 0.1) is 0 Å². The van der Waals surface area contributed by atoms with Gasteiger partial charge in [-0.05, 0) is 25.0 Å². The van der Waals surface area contributed by atoms with Crippen LogP contribution in [-0.4, -0.2) is 75.6 Å². The lowest BCUT2D eigenvalue weighted by Crippen LogP contribution is -2.55. The van der Waals surface area contributed by atoms with E-state index in [4.69, 9.17) is 0 Å². The first kappa shape index (κ1) is 17.9. The summed E-state index contributed by atoms with van der Waals surface area (Å²) in [5, 5.41) is 0.897. The van der Waals surface area contributed by atoms with E-state index in [2.05, 4.69) is 0 Å². The van der Waals surface area contributed by atoms with E-state index in [1.165, 1.54) is 0 Å². The molecule has 8 nitrogen and oxygen atoms in total. The summed E-state index contributed by atoms with van der Waals surface area (Å²) in [5.74, 6) is -0.707. The summed E-state index contributed by atoms with van der Waals surface area (Å²) in [6.07, 6.45) is 1.93. The maximum absolute atomic E-state index is 12.9. The minimum Gasteiger partial charge on any atom is -0.339 e. The molecule has 5 rings (SSSR count). The predicted octanol–water partition coefficient (Wildman–Crippen LogP) is 0.704. The third kappa shape index (κ3) is 3.08. The van der Waals surface area contributed by atoms with Crippen LogP contribution in [0.25, 0.3) is 10.9 Å². The minimum atomic E-state index is -0.437. The topological polar surface area (TPSA) is 82.9 Å². The number of piperazine rings is 1. The van der Waals surface area contributed by atoms with Crippen molar-refractivity contribution in [1.82, 2.24) is 19.3 Å². The molecule has 1 saturated carbocycles. The van der Waals surface area contributed by atoms with Crippen LogP contribution in [0.1, 0.15) is 23.3 Å². The Kier molecular flexibility index (Phi) is 4.15. The number of imide groups is 1. The van der Waals surface area contributed by atoms with Gasteiger partial charge in [-0.25, -0.2) is 0 Å². The second kappa shape index (κ2) is 6.72. The summed E-state index contributed by atoms with van der Waals surface area (Å²) in [7, 11) is 0. The second-order valence-corrected chi connectivity index (χ2v) is 7.94. The Labute approximate surface area is 167 Å². The number of aromatic nitrogens is 1. The van der Waals surface area contributed by atoms with Gasteiger partial charge >= 0.3 is 0 Å². The summed E-state index contributed by atoms with van der Waals surface area (Å²) in [6, 6.07) is 9.30. The average molecular weight is 394 g/mol. The number of hydrogen-bond donors (Lipinski definition) is 0. The molecular weight excluding hydrogens is 372 g/mol. The van der Waals surface area contributed by atoms with Crippen LogP contribution in [0, 0.1) is 5.92 Å². The van der Waals surface area contributed by atoms with Crippen LogP contribution in [0.2, 0.25) is 0 Å². The van der Waals surface area contributed by atoms with Crippen LogP contribution >= 0.6 is 0 Å². The molecule has 2 aromatic rings. The van der Waals surface area contributed by atoms with Crippen molar-refractivity contribution in [3.8, 4) is 0 Å². The molecule has 0 N–H and O–H groups in total. The number of benzene rings is 1. The summed E-state index contributed by atoms with van der Waals surface area (Å²) in [4.78, 5) is 54.9. The molecule has 3 heterocycles. The second-order valence-electron chi connectivity index (χ2n) is 7.94. The Morgan fingerprint density at radius 1 is 0.966 bits per heavy atom. The van der Waals surface area contributed by atoms with E-state index < -0.39 is 5.91 Å². The van der Waals surface area contributed by atoms with Crippen molar-refractivity contribution in [3.63, 3.8) is 0 Å². The van der Waals surface area contributed by atoms with Crippen molar-refractivity contribution in [3.05, 3.63) is 36.0 Å². The van der Waals surface area contributed by atoms with E-state index in [1.807, 2.05) is 29.2 Å². The highest BCUT2D eigenvalue weighted by Gasteiger charge is 2.37. The average Bonchev–Trinajstić information content (AvgIpc) is 3.52. The summed E-state index contributed by atoms with van der Waals surface area (Å²) >= 11 is 0. The molecule has 3 aliphatic rings. The number of rotatable bonds is 3. The molecule has 1 aliphatic carbocycles. The van der Waals surface area contributed by atoms with Gasteiger partial charge in [0.25, 0.3) is 5.91 Å². The molecule has 0 spiro atoms. The van der Waals surface area contributed by atoms with Crippen LogP contribution in [0.4, 0.5) is 0 Å². The van der Waals surface area contributed by atoms with Gasteiger partial charge in [-0.1, -0.05) is 18.2 Å². The van der Waals surface area contributed by atoms with Gasteiger partial charge in [0.1, 0.15) is 18.8 Å². The lowest BCUT2D eigenvalue weighted by Gasteiger charge is -2.36. The lowest BCUT2D eigenvalue weighted by atomic mass is 10.2. The SMILES string of the molecule is O=C(CN1C(=O)Cn2c(cc3ccccc32)C1=O)N1CCN(C(=O)C2CC2)CC1. The van der Waals surface area contributed by atoms with Crippen LogP contribution < -0.4 is 0 Å². The molecule has 1 saturated heterocycles. The van der Waals surface area contributed by atoms with Crippen molar-refractivity contribution in [2.45, 2.75) is 19.4 Å². The molecule has 8 heteroatoms. The molecule has 1 aromatic heterocycles. The third-order valence-corrected chi connectivity index (χ3v) is 6.03. The molecule has 4 amide bonds.